The van der Waals surface area contributed by atoms with E-state index in [4.69, 9.17) is 19.9 Å². The first kappa shape index (κ1) is 43.2. The first-order valence-electron chi connectivity index (χ1n) is 23.5. The van der Waals surface area contributed by atoms with Crippen molar-refractivity contribution >= 4 is 77.0 Å². The molecule has 66 heavy (non-hydrogen) atoms. The van der Waals surface area contributed by atoms with Crippen LogP contribution in [-0.2, 0) is 45.6 Å². The summed E-state index contributed by atoms with van der Waals surface area (Å²) in [4.78, 5) is 19.8. The summed E-state index contributed by atoms with van der Waals surface area (Å²) in [5.41, 5.74) is 17.8. The summed E-state index contributed by atoms with van der Waals surface area (Å²) in [6.45, 7) is 9.11. The Morgan fingerprint density at radius 2 is 0.985 bits per heavy atom. The summed E-state index contributed by atoms with van der Waals surface area (Å²) in [6, 6.07) is 48.0. The Kier molecular flexibility index (Phi) is 10.8. The zero-order valence-corrected chi connectivity index (χ0v) is 42.4. The van der Waals surface area contributed by atoms with Crippen LogP contribution in [0, 0.1) is 29.9 Å². The van der Waals surface area contributed by atoms with E-state index in [0.29, 0.717) is 17.3 Å². The van der Waals surface area contributed by atoms with Crippen molar-refractivity contribution in [3.8, 4) is 11.1 Å². The third-order valence-corrected chi connectivity index (χ3v) is 15.3. The molecule has 0 amide bonds. The number of pyridine rings is 4. The van der Waals surface area contributed by atoms with Crippen molar-refractivity contribution in [2.24, 2.45) is 17.8 Å². The Labute approximate surface area is 412 Å². The molecule has 0 N–H and O–H groups in total. The maximum absolute atomic E-state index is 5.01. The topological polar surface area (TPSA) is 60.4 Å². The second kappa shape index (κ2) is 16.5. The van der Waals surface area contributed by atoms with Crippen molar-refractivity contribution < 1.29 is 40.2 Å². The van der Waals surface area contributed by atoms with Gasteiger partial charge in [0.2, 0.25) is 0 Å². The number of aromatic nitrogens is 6. The second-order valence-electron chi connectivity index (χ2n) is 19.9. The minimum absolute atomic E-state index is 0. The van der Waals surface area contributed by atoms with E-state index in [1.54, 1.807) is 5.56 Å². The van der Waals surface area contributed by atoms with Gasteiger partial charge < -0.3 is 18.8 Å². The summed E-state index contributed by atoms with van der Waals surface area (Å²) in [7, 11) is 0. The number of rotatable bonds is 4. The Morgan fingerprint density at radius 1 is 0.530 bits per heavy atom. The van der Waals surface area contributed by atoms with E-state index in [1.807, 2.05) is 30.6 Å². The van der Waals surface area contributed by atoms with Gasteiger partial charge in [0.05, 0.1) is 33.4 Å². The van der Waals surface area contributed by atoms with Gasteiger partial charge in [-0.2, -0.15) is 0 Å². The van der Waals surface area contributed by atoms with Gasteiger partial charge in [0.25, 0.3) is 0 Å². The predicted octanol–water partition coefficient (Wildman–Crippen LogP) is 14.4. The number of benzene rings is 5. The Hall–Kier alpha value is -5.36. The van der Waals surface area contributed by atoms with E-state index in [0.717, 1.165) is 78.3 Å². The third kappa shape index (κ3) is 6.46. The van der Waals surface area contributed by atoms with E-state index < -0.39 is 0 Å². The maximum atomic E-state index is 5.01. The molecule has 2 radical (unpaired) electrons. The van der Waals surface area contributed by atoms with Crippen LogP contribution in [-0.4, -0.2) is 28.7 Å². The molecule has 15 rings (SSSR count). The van der Waals surface area contributed by atoms with Gasteiger partial charge in [-0.15, -0.1) is 24.3 Å². The first-order chi connectivity index (χ1) is 31.3. The van der Waals surface area contributed by atoms with E-state index in [1.165, 1.54) is 77.2 Å². The normalized spacial score (nSPS) is 20.0. The van der Waals surface area contributed by atoms with Crippen LogP contribution in [0.25, 0.3) is 88.1 Å². The number of hydrogen-bond donors (Lipinski definition) is 0. The molecule has 4 aliphatic carbocycles. The van der Waals surface area contributed by atoms with Crippen LogP contribution in [0.2, 0.25) is 0 Å². The average molecular weight is 1220 g/mol. The molecular formula is C58H50Ir2N6-2. The third-order valence-electron chi connectivity index (χ3n) is 15.3. The summed E-state index contributed by atoms with van der Waals surface area (Å²) in [5, 5.41) is 4.51. The minimum Gasteiger partial charge on any atom is -0.351 e. The Morgan fingerprint density at radius 3 is 1.52 bits per heavy atom. The van der Waals surface area contributed by atoms with Crippen molar-refractivity contribution in [2.45, 2.75) is 83.5 Å². The quantitative estimate of drug-likeness (QED) is 0.130. The van der Waals surface area contributed by atoms with E-state index >= 15 is 0 Å². The van der Waals surface area contributed by atoms with Crippen LogP contribution in [0.3, 0.4) is 0 Å². The molecule has 6 aromatic heterocycles. The van der Waals surface area contributed by atoms with Crippen LogP contribution in [0.15, 0.2) is 128 Å². The number of fused-ring (bicyclic) bond motifs is 16. The SMILES string of the molecule is CC(C)c1cccc(C(C)C)c1-c1cccc2c1c1ncc[c-]c1c1nc3ccccc3n21.[Ir].[Ir].[c-]1ccnc2c1c1nc3ccccc3n1c1cccc(C34CC5CC(CC(C5)C3)C4)c21. The number of nitrogens with zero attached hydrogens (tertiary/aromatic N) is 6. The molecule has 332 valence electrons. The second-order valence-corrected chi connectivity index (χ2v) is 19.9. The summed E-state index contributed by atoms with van der Waals surface area (Å²) < 4.78 is 4.64. The molecule has 11 aromatic rings. The van der Waals surface area contributed by atoms with Crippen molar-refractivity contribution in [1.82, 2.24) is 28.7 Å². The molecule has 0 unspecified atom stereocenters. The van der Waals surface area contributed by atoms with Gasteiger partial charge in [0.15, 0.2) is 0 Å². The average Bonchev–Trinajstić information content (AvgIpc) is 3.91. The number of hydrogen-bond acceptors (Lipinski definition) is 4. The number of imidazole rings is 2. The molecule has 5 aromatic carbocycles. The van der Waals surface area contributed by atoms with Gasteiger partial charge in [0, 0.05) is 51.2 Å². The zero-order chi connectivity index (χ0) is 42.8. The molecule has 4 fully saturated rings. The van der Waals surface area contributed by atoms with Crippen LogP contribution in [0.1, 0.15) is 94.7 Å². The molecule has 6 heterocycles. The van der Waals surface area contributed by atoms with Gasteiger partial charge in [-0.3, -0.25) is 9.97 Å². The van der Waals surface area contributed by atoms with Crippen molar-refractivity contribution in [3.63, 3.8) is 0 Å². The molecule has 4 bridgehead atoms. The van der Waals surface area contributed by atoms with Gasteiger partial charge in [0.1, 0.15) is 0 Å². The Bertz CT molecular complexity index is 3630. The van der Waals surface area contributed by atoms with Crippen molar-refractivity contribution in [2.75, 3.05) is 0 Å². The monoisotopic (exact) mass is 1220 g/mol. The van der Waals surface area contributed by atoms with Gasteiger partial charge in [-0.25, -0.2) is 0 Å². The van der Waals surface area contributed by atoms with Crippen LogP contribution >= 0.6 is 0 Å². The molecule has 4 saturated carbocycles. The number of para-hydroxylation sites is 4. The first-order valence-corrected chi connectivity index (χ1v) is 23.5. The van der Waals surface area contributed by atoms with E-state index in [2.05, 4.69) is 146 Å². The Balaban J connectivity index is 0.000000142. The van der Waals surface area contributed by atoms with Gasteiger partial charge >= 0.3 is 0 Å². The van der Waals surface area contributed by atoms with Crippen molar-refractivity contribution in [1.29, 1.82) is 0 Å². The molecule has 4 aliphatic rings. The standard InChI is InChI=1S/C30H26N3.C28H24N3.2Ir/c1-18(2)20-10-7-11-21(19(3)4)27(20)22-12-8-16-26-28(22)29-23(13-9-17-31-29)30-32-24-14-5-6-15-25(24)33(26)30;1-2-8-23-22(7-1)30-27-20-5-4-10-29-26(20)25-21(6-3-9-24(25)31(23)27)28-14-17-11-18(15-28)13-19(12-17)16-28;;/h5-12,14-19H,1-4H3;1-4,6-10,17-19H,11-16H2;;/q2*-1;;. The molecule has 8 heteroatoms. The fraction of sp³-hybridized carbons (Fsp3) is 0.276. The summed E-state index contributed by atoms with van der Waals surface area (Å²) >= 11 is 0. The van der Waals surface area contributed by atoms with Crippen LogP contribution in [0.4, 0.5) is 0 Å². The molecule has 0 saturated heterocycles. The van der Waals surface area contributed by atoms with E-state index in [-0.39, 0.29) is 40.2 Å². The molecule has 0 atom stereocenters. The van der Waals surface area contributed by atoms with Crippen molar-refractivity contribution in [3.05, 3.63) is 156 Å². The minimum atomic E-state index is 0. The van der Waals surface area contributed by atoms with Crippen LogP contribution < -0.4 is 0 Å². The summed E-state index contributed by atoms with van der Waals surface area (Å²) in [6.07, 6.45) is 12.2. The van der Waals surface area contributed by atoms with Crippen LogP contribution in [0.5, 0.6) is 0 Å². The molecular weight excluding hydrogens is 1170 g/mol. The van der Waals surface area contributed by atoms with E-state index in [9.17, 15) is 0 Å². The summed E-state index contributed by atoms with van der Waals surface area (Å²) in [5.74, 6) is 3.59. The van der Waals surface area contributed by atoms with Gasteiger partial charge in [-0.1, -0.05) is 118 Å². The maximum Gasteiger partial charge on any atom is 0.0774 e. The molecule has 0 spiro atoms. The predicted molar refractivity (Wildman–Crippen MR) is 262 cm³/mol. The zero-order valence-electron chi connectivity index (χ0n) is 37.6. The molecule has 0 aliphatic heterocycles. The largest absolute Gasteiger partial charge is 0.351 e. The fourth-order valence-electron chi connectivity index (χ4n) is 13.2. The van der Waals surface area contributed by atoms with Gasteiger partial charge in [-0.05, 0) is 160 Å². The smallest absolute Gasteiger partial charge is 0.0774 e. The molecule has 6 nitrogen and oxygen atoms in total. The fourth-order valence-corrected chi connectivity index (χ4v) is 13.2.